The first-order chi connectivity index (χ1) is 17.4. The zero-order chi connectivity index (χ0) is 27.2. The Balaban J connectivity index is 2.05. The van der Waals surface area contributed by atoms with Gasteiger partial charge in [-0.1, -0.05) is 43.0 Å². The molecule has 1 atom stereocenters. The van der Waals surface area contributed by atoms with Crippen LogP contribution in [0.2, 0.25) is 0 Å². The number of para-hydroxylation sites is 1. The topological polar surface area (TPSA) is 185 Å². The molecule has 0 saturated heterocycles. The lowest BCUT2D eigenvalue weighted by Crippen LogP contribution is -2.35. The van der Waals surface area contributed by atoms with Crippen LogP contribution in [-0.4, -0.2) is 33.9 Å². The normalized spacial score (nSPS) is 12.2. The molecule has 6 N–H and O–H groups in total. The molecule has 0 fully saturated rings. The summed E-state index contributed by atoms with van der Waals surface area (Å²) in [6, 6.07) is 18.2. The Labute approximate surface area is 214 Å². The maximum absolute atomic E-state index is 13.0. The number of rotatable bonds is 11. The number of nitrogens with two attached hydrogens (primary N) is 2. The van der Waals surface area contributed by atoms with Gasteiger partial charge < -0.3 is 16.6 Å². The molecular weight excluding hydrogens is 518 g/mol. The van der Waals surface area contributed by atoms with E-state index in [-0.39, 0.29) is 33.5 Å². The molecule has 0 aliphatic heterocycles. The first-order valence-electron chi connectivity index (χ1n) is 10.7. The second-order valence-electron chi connectivity index (χ2n) is 7.72. The number of benzene rings is 3. The number of anilines is 2. The lowest BCUT2D eigenvalue weighted by Gasteiger charge is -2.31. The first kappa shape index (κ1) is 27.2. The van der Waals surface area contributed by atoms with Gasteiger partial charge in [0.2, 0.25) is 0 Å². The highest BCUT2D eigenvalue weighted by Gasteiger charge is 2.32. The third-order valence-corrected chi connectivity index (χ3v) is 7.87. The van der Waals surface area contributed by atoms with E-state index in [0.29, 0.717) is 0 Å². The van der Waals surface area contributed by atoms with Crippen molar-refractivity contribution >= 4 is 49.0 Å². The van der Waals surface area contributed by atoms with Crippen molar-refractivity contribution in [1.82, 2.24) is 0 Å². The SMILES string of the molecule is C=CS(=O)(=O)N(c1ccccc1)C(CC(=O)O)c1cccc(NS(=O)(=O)c2cccc(N=C(N)N)c2)c1. The fraction of sp³-hybridized carbons (Fsp3) is 0.0833. The Hall–Kier alpha value is -4.36. The second kappa shape index (κ2) is 11.1. The van der Waals surface area contributed by atoms with Gasteiger partial charge in [-0.3, -0.25) is 13.8 Å². The van der Waals surface area contributed by atoms with Crippen molar-refractivity contribution in [2.45, 2.75) is 17.4 Å². The number of sulfonamides is 2. The van der Waals surface area contributed by atoms with Crippen LogP contribution in [0.5, 0.6) is 0 Å². The summed E-state index contributed by atoms with van der Waals surface area (Å²) in [6.07, 6.45) is -0.598. The fourth-order valence-electron chi connectivity index (χ4n) is 3.55. The Morgan fingerprint density at radius 2 is 1.68 bits per heavy atom. The van der Waals surface area contributed by atoms with Gasteiger partial charge in [-0.2, -0.15) is 0 Å². The smallest absolute Gasteiger partial charge is 0.305 e. The second-order valence-corrected chi connectivity index (χ2v) is 11.2. The molecule has 0 aliphatic carbocycles. The number of aliphatic imine (C=N–C) groups is 1. The lowest BCUT2D eigenvalue weighted by atomic mass is 10.0. The first-order valence-corrected chi connectivity index (χ1v) is 13.7. The van der Waals surface area contributed by atoms with E-state index < -0.39 is 38.5 Å². The number of aliphatic carboxylic acids is 1. The van der Waals surface area contributed by atoms with Gasteiger partial charge in [0.25, 0.3) is 20.0 Å². The molecule has 11 nitrogen and oxygen atoms in total. The van der Waals surface area contributed by atoms with Gasteiger partial charge in [0.15, 0.2) is 5.96 Å². The Kier molecular flexibility index (Phi) is 8.20. The molecule has 0 aliphatic rings. The maximum atomic E-state index is 13.0. The van der Waals surface area contributed by atoms with Crippen LogP contribution in [0.3, 0.4) is 0 Å². The van der Waals surface area contributed by atoms with Crippen molar-refractivity contribution in [2.24, 2.45) is 16.5 Å². The number of hydrogen-bond acceptors (Lipinski definition) is 6. The third-order valence-electron chi connectivity index (χ3n) is 5.06. The van der Waals surface area contributed by atoms with Crippen LogP contribution in [0.25, 0.3) is 0 Å². The molecule has 13 heteroatoms. The quantitative estimate of drug-likeness (QED) is 0.210. The van der Waals surface area contributed by atoms with Gasteiger partial charge >= 0.3 is 5.97 Å². The lowest BCUT2D eigenvalue weighted by molar-refractivity contribution is -0.137. The van der Waals surface area contributed by atoms with E-state index in [1.54, 1.807) is 18.2 Å². The van der Waals surface area contributed by atoms with Crippen molar-refractivity contribution in [3.63, 3.8) is 0 Å². The summed E-state index contributed by atoms with van der Waals surface area (Å²) < 4.78 is 55.4. The van der Waals surface area contributed by atoms with Crippen LogP contribution < -0.4 is 20.5 Å². The Morgan fingerprint density at radius 1 is 1.00 bits per heavy atom. The zero-order valence-electron chi connectivity index (χ0n) is 19.4. The molecule has 0 radical (unpaired) electrons. The molecule has 3 rings (SSSR count). The van der Waals surface area contributed by atoms with Gasteiger partial charge in [0, 0.05) is 11.1 Å². The van der Waals surface area contributed by atoms with E-state index in [0.717, 1.165) is 9.71 Å². The molecule has 194 valence electrons. The van der Waals surface area contributed by atoms with Gasteiger partial charge in [0.05, 0.1) is 28.7 Å². The number of guanidine groups is 1. The molecule has 1 unspecified atom stereocenters. The number of nitrogens with one attached hydrogen (secondary N) is 1. The standard InChI is InChI=1S/C24H25N5O6S2/c1-2-36(32,33)29(20-11-4-3-5-12-20)22(16-23(30)31)17-8-6-10-19(14-17)28-37(34,35)21-13-7-9-18(15-21)27-24(25)26/h2-15,22,28H,1,16H2,(H,30,31)(H4,25,26,27). The van der Waals surface area contributed by atoms with Gasteiger partial charge in [-0.15, -0.1) is 0 Å². The van der Waals surface area contributed by atoms with Gasteiger partial charge in [-0.05, 0) is 48.0 Å². The van der Waals surface area contributed by atoms with E-state index in [4.69, 9.17) is 11.5 Å². The van der Waals surface area contributed by atoms with Crippen LogP contribution in [-0.2, 0) is 24.8 Å². The molecule has 0 aromatic heterocycles. The number of carboxylic acid groups (broad SMARTS) is 1. The van der Waals surface area contributed by atoms with Crippen molar-refractivity contribution in [1.29, 1.82) is 0 Å². The summed E-state index contributed by atoms with van der Waals surface area (Å²) in [6.45, 7) is 3.36. The predicted molar refractivity (Wildman–Crippen MR) is 142 cm³/mol. The van der Waals surface area contributed by atoms with Gasteiger partial charge in [-0.25, -0.2) is 21.8 Å². The van der Waals surface area contributed by atoms with Crippen molar-refractivity contribution in [3.05, 3.63) is 96.4 Å². The minimum Gasteiger partial charge on any atom is -0.481 e. The summed E-state index contributed by atoms with van der Waals surface area (Å²) >= 11 is 0. The third kappa shape index (κ3) is 6.86. The average Bonchev–Trinajstić information content (AvgIpc) is 2.83. The summed E-state index contributed by atoms with van der Waals surface area (Å²) in [4.78, 5) is 15.5. The molecule has 37 heavy (non-hydrogen) atoms. The zero-order valence-corrected chi connectivity index (χ0v) is 21.1. The summed E-state index contributed by atoms with van der Waals surface area (Å²) in [5.41, 5.74) is 11.5. The number of hydrogen-bond donors (Lipinski definition) is 4. The van der Waals surface area contributed by atoms with E-state index in [1.165, 1.54) is 60.7 Å². The number of carbonyl (C=O) groups is 1. The monoisotopic (exact) mass is 543 g/mol. The van der Waals surface area contributed by atoms with E-state index in [2.05, 4.69) is 16.3 Å². The molecule has 3 aromatic rings. The van der Waals surface area contributed by atoms with E-state index >= 15 is 0 Å². The van der Waals surface area contributed by atoms with Crippen molar-refractivity contribution in [3.8, 4) is 0 Å². The van der Waals surface area contributed by atoms with E-state index in [1.807, 2.05) is 0 Å². The molecular formula is C24H25N5O6S2. The molecule has 0 bridgehead atoms. The van der Waals surface area contributed by atoms with Crippen LogP contribution in [0.4, 0.5) is 17.1 Å². The summed E-state index contributed by atoms with van der Waals surface area (Å²) in [7, 11) is -8.26. The fourth-order valence-corrected chi connectivity index (χ4v) is 5.77. The number of nitrogens with zero attached hydrogens (tertiary/aromatic N) is 2. The maximum Gasteiger partial charge on any atom is 0.305 e. The molecule has 0 amide bonds. The summed E-state index contributed by atoms with van der Waals surface area (Å²) in [5.74, 6) is -1.50. The molecule has 3 aromatic carbocycles. The largest absolute Gasteiger partial charge is 0.481 e. The highest BCUT2D eigenvalue weighted by molar-refractivity contribution is 7.95. The van der Waals surface area contributed by atoms with Crippen molar-refractivity contribution in [2.75, 3.05) is 9.03 Å². The summed E-state index contributed by atoms with van der Waals surface area (Å²) in [5, 5.41) is 10.3. The van der Waals surface area contributed by atoms with Crippen molar-refractivity contribution < 1.29 is 26.7 Å². The molecule has 0 saturated carbocycles. The van der Waals surface area contributed by atoms with E-state index in [9.17, 15) is 26.7 Å². The number of carboxylic acids is 1. The highest BCUT2D eigenvalue weighted by atomic mass is 32.2. The average molecular weight is 544 g/mol. The molecule has 0 heterocycles. The predicted octanol–water partition coefficient (Wildman–Crippen LogP) is 2.89. The van der Waals surface area contributed by atoms with Gasteiger partial charge in [0.1, 0.15) is 0 Å². The van der Waals surface area contributed by atoms with Crippen LogP contribution in [0.1, 0.15) is 18.0 Å². The minimum atomic E-state index is -4.15. The Morgan fingerprint density at radius 3 is 2.30 bits per heavy atom. The molecule has 0 spiro atoms. The van der Waals surface area contributed by atoms with Crippen LogP contribution in [0.15, 0.2) is 101 Å². The minimum absolute atomic E-state index is 0.0872. The van der Waals surface area contributed by atoms with Crippen LogP contribution in [0, 0.1) is 0 Å². The highest BCUT2D eigenvalue weighted by Crippen LogP contribution is 2.34. The Bertz CT molecular complexity index is 1540. The van der Waals surface area contributed by atoms with Crippen LogP contribution >= 0.6 is 0 Å².